The molecule has 0 aromatic heterocycles. The van der Waals surface area contributed by atoms with E-state index in [1.807, 2.05) is 0 Å². The molecule has 0 bridgehead atoms. The zero-order valence-corrected chi connectivity index (χ0v) is 23.0. The molecule has 0 fully saturated rings. The van der Waals surface area contributed by atoms with Gasteiger partial charge in [0.15, 0.2) is 0 Å². The largest absolute Gasteiger partial charge is 0.497 e. The molecular formula is C32H36O4P+. The molecule has 0 saturated carbocycles. The molecule has 0 radical (unpaired) electrons. The summed E-state index contributed by atoms with van der Waals surface area (Å²) >= 11 is 0. The summed E-state index contributed by atoms with van der Waals surface area (Å²) in [4.78, 5) is 0. The Morgan fingerprint density at radius 2 is 0.541 bits per heavy atom. The minimum absolute atomic E-state index is 0.883. The van der Waals surface area contributed by atoms with Crippen LogP contribution in [-0.4, -0.2) is 28.4 Å². The lowest BCUT2D eigenvalue weighted by molar-refractivity contribution is 0.414. The van der Waals surface area contributed by atoms with E-state index in [0.29, 0.717) is 0 Å². The molecule has 0 aliphatic rings. The van der Waals surface area contributed by atoms with Crippen molar-refractivity contribution in [2.24, 2.45) is 0 Å². The van der Waals surface area contributed by atoms with E-state index in [1.165, 1.54) is 22.3 Å². The molecule has 0 heterocycles. The van der Waals surface area contributed by atoms with Crippen molar-refractivity contribution in [1.82, 2.24) is 0 Å². The number of methoxy groups -OCH3 is 4. The van der Waals surface area contributed by atoms with Crippen molar-refractivity contribution in [2.75, 3.05) is 28.4 Å². The summed E-state index contributed by atoms with van der Waals surface area (Å²) in [7, 11) is 5.21. The maximum atomic E-state index is 5.43. The first-order chi connectivity index (χ1) is 18.0. The molecular weight excluding hydrogens is 479 g/mol. The molecule has 0 spiro atoms. The Labute approximate surface area is 221 Å². The first-order valence-electron chi connectivity index (χ1n) is 12.4. The predicted molar refractivity (Wildman–Crippen MR) is 154 cm³/mol. The van der Waals surface area contributed by atoms with Gasteiger partial charge in [-0.15, -0.1) is 0 Å². The highest BCUT2D eigenvalue weighted by molar-refractivity contribution is 7.72. The summed E-state index contributed by atoms with van der Waals surface area (Å²) in [6.45, 7) is 0. The number of hydrogen-bond donors (Lipinski definition) is 0. The topological polar surface area (TPSA) is 36.9 Å². The van der Waals surface area contributed by atoms with Crippen molar-refractivity contribution in [2.45, 2.75) is 24.6 Å². The van der Waals surface area contributed by atoms with Gasteiger partial charge in [-0.1, -0.05) is 48.5 Å². The Morgan fingerprint density at radius 3 is 0.703 bits per heavy atom. The van der Waals surface area contributed by atoms with Crippen LogP contribution < -0.4 is 18.9 Å². The predicted octanol–water partition coefficient (Wildman–Crippen LogP) is 7.84. The van der Waals surface area contributed by atoms with E-state index in [1.54, 1.807) is 28.4 Å². The van der Waals surface area contributed by atoms with Gasteiger partial charge in [0.1, 0.15) is 23.0 Å². The quantitative estimate of drug-likeness (QED) is 0.180. The maximum Gasteiger partial charge on any atom is 0.118 e. The molecule has 0 amide bonds. The van der Waals surface area contributed by atoms with Gasteiger partial charge in [-0.25, -0.2) is 0 Å². The highest BCUT2D eigenvalue weighted by Crippen LogP contribution is 2.68. The maximum absolute atomic E-state index is 5.43. The standard InChI is InChI=1S/C32H36O4P/c1-33-29-13-5-25(6-14-29)21-37(22-26-7-15-30(34-2)16-8-26,23-27-9-17-31(35-3)18-10-27)24-28-11-19-32(36-4)20-12-28/h5-20H,21-24H2,1-4H3/q+1. The Kier molecular flexibility index (Phi) is 9.09. The van der Waals surface area contributed by atoms with Gasteiger partial charge in [-0.3, -0.25) is 0 Å². The fourth-order valence-corrected chi connectivity index (χ4v) is 9.42. The molecule has 0 aliphatic heterocycles. The highest BCUT2D eigenvalue weighted by atomic mass is 31.2. The molecule has 37 heavy (non-hydrogen) atoms. The lowest BCUT2D eigenvalue weighted by atomic mass is 10.2. The van der Waals surface area contributed by atoms with Crippen LogP contribution in [0.25, 0.3) is 0 Å². The third-order valence-electron chi connectivity index (χ3n) is 6.71. The monoisotopic (exact) mass is 515 g/mol. The molecule has 5 heteroatoms. The second kappa shape index (κ2) is 12.7. The van der Waals surface area contributed by atoms with Crippen LogP contribution >= 0.6 is 7.26 Å². The van der Waals surface area contributed by atoms with Gasteiger partial charge in [0, 0.05) is 7.26 Å². The number of hydrogen-bond acceptors (Lipinski definition) is 4. The van der Waals surface area contributed by atoms with E-state index < -0.39 is 7.26 Å². The Morgan fingerprint density at radius 1 is 0.351 bits per heavy atom. The molecule has 0 atom stereocenters. The minimum atomic E-state index is -1.64. The smallest absolute Gasteiger partial charge is 0.118 e. The lowest BCUT2D eigenvalue weighted by Crippen LogP contribution is -2.08. The molecule has 4 rings (SSSR count). The first-order valence-corrected chi connectivity index (χ1v) is 14.9. The number of ether oxygens (including phenoxy) is 4. The fourth-order valence-electron chi connectivity index (χ4n) is 4.81. The second-order valence-electron chi connectivity index (χ2n) is 9.37. The molecule has 0 N–H and O–H groups in total. The first kappa shape index (κ1) is 26.6. The zero-order chi connectivity index (χ0) is 26.1. The van der Waals surface area contributed by atoms with Gasteiger partial charge < -0.3 is 18.9 Å². The van der Waals surface area contributed by atoms with E-state index in [9.17, 15) is 0 Å². The summed E-state index contributed by atoms with van der Waals surface area (Å²) in [5.74, 6) is 3.53. The van der Waals surface area contributed by atoms with E-state index >= 15 is 0 Å². The second-order valence-corrected chi connectivity index (χ2v) is 13.3. The average Bonchev–Trinajstić information content (AvgIpc) is 2.94. The van der Waals surface area contributed by atoms with Crippen LogP contribution in [0.15, 0.2) is 97.1 Å². The Bertz CT molecular complexity index is 1030. The molecule has 4 aromatic rings. The van der Waals surface area contributed by atoms with Crippen LogP contribution in [0.3, 0.4) is 0 Å². The SMILES string of the molecule is COc1ccc(C[P+](Cc2ccc(OC)cc2)(Cc2ccc(OC)cc2)Cc2ccc(OC)cc2)cc1. The molecule has 192 valence electrons. The number of benzene rings is 4. The summed E-state index contributed by atoms with van der Waals surface area (Å²) in [5, 5.41) is 0. The number of rotatable bonds is 12. The van der Waals surface area contributed by atoms with Gasteiger partial charge in [-0.2, -0.15) is 0 Å². The zero-order valence-electron chi connectivity index (χ0n) is 22.1. The van der Waals surface area contributed by atoms with Crippen LogP contribution in [0, 0.1) is 0 Å². The third-order valence-corrected chi connectivity index (χ3v) is 10.9. The van der Waals surface area contributed by atoms with Crippen LogP contribution in [-0.2, 0) is 24.6 Å². The van der Waals surface area contributed by atoms with E-state index in [4.69, 9.17) is 18.9 Å². The van der Waals surface area contributed by atoms with Gasteiger partial charge in [-0.05, 0) is 70.8 Å². The average molecular weight is 516 g/mol. The van der Waals surface area contributed by atoms with E-state index in [-0.39, 0.29) is 0 Å². The molecule has 0 saturated heterocycles. The van der Waals surface area contributed by atoms with E-state index in [0.717, 1.165) is 47.6 Å². The Balaban J connectivity index is 1.76. The van der Waals surface area contributed by atoms with E-state index in [2.05, 4.69) is 97.1 Å². The van der Waals surface area contributed by atoms with Gasteiger partial charge in [0.25, 0.3) is 0 Å². The van der Waals surface area contributed by atoms with Crippen LogP contribution in [0.2, 0.25) is 0 Å². The van der Waals surface area contributed by atoms with Crippen molar-refractivity contribution in [3.05, 3.63) is 119 Å². The normalized spacial score (nSPS) is 11.1. The van der Waals surface area contributed by atoms with Gasteiger partial charge in [0.05, 0.1) is 53.1 Å². The Hall–Kier alpha value is -3.49. The highest BCUT2D eigenvalue weighted by Gasteiger charge is 2.39. The molecule has 0 aliphatic carbocycles. The summed E-state index contributed by atoms with van der Waals surface area (Å²) in [6.07, 6.45) is 4.12. The van der Waals surface area contributed by atoms with Crippen molar-refractivity contribution < 1.29 is 18.9 Å². The van der Waals surface area contributed by atoms with Crippen molar-refractivity contribution in [3.8, 4) is 23.0 Å². The van der Waals surface area contributed by atoms with Gasteiger partial charge >= 0.3 is 0 Å². The minimum Gasteiger partial charge on any atom is -0.497 e. The molecule has 4 aromatic carbocycles. The van der Waals surface area contributed by atoms with Crippen LogP contribution in [0.4, 0.5) is 0 Å². The van der Waals surface area contributed by atoms with Gasteiger partial charge in [0.2, 0.25) is 0 Å². The fraction of sp³-hybridized carbons (Fsp3) is 0.250. The lowest BCUT2D eigenvalue weighted by Gasteiger charge is -2.29. The van der Waals surface area contributed by atoms with Crippen molar-refractivity contribution in [3.63, 3.8) is 0 Å². The molecule has 0 unspecified atom stereocenters. The third kappa shape index (κ3) is 7.27. The van der Waals surface area contributed by atoms with Crippen LogP contribution in [0.1, 0.15) is 22.3 Å². The summed E-state index contributed by atoms with van der Waals surface area (Å²) in [6, 6.07) is 34.2. The van der Waals surface area contributed by atoms with Crippen molar-refractivity contribution >= 4 is 7.26 Å². The summed E-state index contributed by atoms with van der Waals surface area (Å²) < 4.78 is 21.7. The summed E-state index contributed by atoms with van der Waals surface area (Å²) in [5.41, 5.74) is 5.35. The molecule has 4 nitrogen and oxygen atoms in total. The van der Waals surface area contributed by atoms with Crippen LogP contribution in [0.5, 0.6) is 23.0 Å². The van der Waals surface area contributed by atoms with Crippen molar-refractivity contribution in [1.29, 1.82) is 0 Å².